The maximum absolute atomic E-state index is 12.6. The Morgan fingerprint density at radius 3 is 1.89 bits per heavy atom. The monoisotopic (exact) mass is 533 g/mol. The standard InChI is InChI=1S/C22H31NO14/c1-10(24)23-18(20(30)31-7)16-8-22(37-15(6)29,17(33-12(3)26)9-32-11(2)25)19(34-13(4)27)21(36-16)35-14(5)28/h16-19,21H,8-9H2,1-7H3,(H,23,24)/t16-,17-,18+,19-,21-,22+/m0/s1. The Bertz CT molecular complexity index is 917. The predicted octanol–water partition coefficient (Wildman–Crippen LogP) is -0.929. The van der Waals surface area contributed by atoms with Crippen LogP contribution in [0.25, 0.3) is 0 Å². The van der Waals surface area contributed by atoms with Gasteiger partial charge in [0.1, 0.15) is 6.61 Å². The number of amides is 1. The van der Waals surface area contributed by atoms with Crippen molar-refractivity contribution in [1.82, 2.24) is 5.32 Å². The molecule has 1 aliphatic heterocycles. The molecule has 1 saturated heterocycles. The lowest BCUT2D eigenvalue weighted by atomic mass is 9.79. The number of carbonyl (C=O) groups excluding carboxylic acids is 7. The van der Waals surface area contributed by atoms with E-state index in [1.807, 2.05) is 0 Å². The summed E-state index contributed by atoms with van der Waals surface area (Å²) in [6, 6.07) is -1.56. The molecule has 1 N–H and O–H groups in total. The molecule has 0 aromatic rings. The molecule has 1 heterocycles. The molecule has 0 aromatic heterocycles. The van der Waals surface area contributed by atoms with Crippen molar-refractivity contribution < 1.29 is 66.7 Å². The highest BCUT2D eigenvalue weighted by Gasteiger charge is 2.63. The first-order chi connectivity index (χ1) is 17.1. The highest BCUT2D eigenvalue weighted by molar-refractivity contribution is 5.83. The molecule has 15 nitrogen and oxygen atoms in total. The summed E-state index contributed by atoms with van der Waals surface area (Å²) in [6.45, 7) is 5.45. The Morgan fingerprint density at radius 2 is 1.46 bits per heavy atom. The summed E-state index contributed by atoms with van der Waals surface area (Å²) in [5.41, 5.74) is -2.26. The van der Waals surface area contributed by atoms with Gasteiger partial charge in [-0.25, -0.2) is 4.79 Å². The number of ether oxygens (including phenoxy) is 7. The van der Waals surface area contributed by atoms with Gasteiger partial charge in [0.2, 0.25) is 18.3 Å². The van der Waals surface area contributed by atoms with E-state index in [-0.39, 0.29) is 0 Å². The Hall–Kier alpha value is -3.75. The minimum atomic E-state index is -2.26. The van der Waals surface area contributed by atoms with Gasteiger partial charge >= 0.3 is 35.8 Å². The average Bonchev–Trinajstić information content (AvgIpc) is 2.74. The van der Waals surface area contributed by atoms with Crippen molar-refractivity contribution in [3.8, 4) is 0 Å². The van der Waals surface area contributed by atoms with Gasteiger partial charge in [-0.15, -0.1) is 0 Å². The van der Waals surface area contributed by atoms with Crippen LogP contribution in [0, 0.1) is 0 Å². The fourth-order valence-electron chi connectivity index (χ4n) is 3.80. The van der Waals surface area contributed by atoms with Crippen LogP contribution in [0.3, 0.4) is 0 Å². The van der Waals surface area contributed by atoms with Crippen molar-refractivity contribution in [2.24, 2.45) is 0 Å². The first-order valence-electron chi connectivity index (χ1n) is 11.0. The van der Waals surface area contributed by atoms with Gasteiger partial charge in [0, 0.05) is 48.0 Å². The highest BCUT2D eigenvalue weighted by atomic mass is 16.7. The summed E-state index contributed by atoms with van der Waals surface area (Å²) in [5, 5.41) is 2.33. The summed E-state index contributed by atoms with van der Waals surface area (Å²) in [5.74, 6) is -6.24. The van der Waals surface area contributed by atoms with Crippen molar-refractivity contribution in [3.05, 3.63) is 0 Å². The van der Waals surface area contributed by atoms with Gasteiger partial charge in [-0.2, -0.15) is 0 Å². The van der Waals surface area contributed by atoms with Crippen molar-refractivity contribution >= 4 is 41.7 Å². The number of hydrogen-bond donors (Lipinski definition) is 1. The zero-order chi connectivity index (χ0) is 28.5. The molecule has 6 atom stereocenters. The fraction of sp³-hybridized carbons (Fsp3) is 0.682. The number of methoxy groups -OCH3 is 1. The van der Waals surface area contributed by atoms with Crippen molar-refractivity contribution in [2.45, 2.75) is 84.2 Å². The van der Waals surface area contributed by atoms with Crippen molar-refractivity contribution in [3.63, 3.8) is 0 Å². The van der Waals surface area contributed by atoms with Gasteiger partial charge in [0.15, 0.2) is 17.7 Å². The van der Waals surface area contributed by atoms with Crippen LogP contribution in [0.1, 0.15) is 48.0 Å². The maximum Gasteiger partial charge on any atom is 0.331 e. The van der Waals surface area contributed by atoms with Crippen LogP contribution >= 0.6 is 0 Å². The molecule has 1 rings (SSSR count). The molecule has 1 fully saturated rings. The largest absolute Gasteiger partial charge is 0.467 e. The van der Waals surface area contributed by atoms with E-state index >= 15 is 0 Å². The number of carbonyl (C=O) groups is 7. The van der Waals surface area contributed by atoms with Crippen LogP contribution < -0.4 is 5.32 Å². The molecule has 0 saturated carbocycles. The average molecular weight is 533 g/mol. The van der Waals surface area contributed by atoms with Crippen molar-refractivity contribution in [2.75, 3.05) is 13.7 Å². The zero-order valence-electron chi connectivity index (χ0n) is 21.5. The van der Waals surface area contributed by atoms with Crippen LogP contribution in [0.15, 0.2) is 0 Å². The zero-order valence-corrected chi connectivity index (χ0v) is 21.5. The first-order valence-corrected chi connectivity index (χ1v) is 11.0. The number of esters is 6. The van der Waals surface area contributed by atoms with E-state index in [0.29, 0.717) is 0 Å². The molecule has 15 heteroatoms. The topological polar surface area (TPSA) is 196 Å². The molecule has 0 spiro atoms. The van der Waals surface area contributed by atoms with Crippen LogP contribution in [0.2, 0.25) is 0 Å². The van der Waals surface area contributed by atoms with E-state index in [0.717, 1.165) is 48.7 Å². The molecule has 37 heavy (non-hydrogen) atoms. The summed E-state index contributed by atoms with van der Waals surface area (Å²) < 4.78 is 36.9. The van der Waals surface area contributed by atoms with E-state index in [4.69, 9.17) is 33.2 Å². The third-order valence-electron chi connectivity index (χ3n) is 4.94. The van der Waals surface area contributed by atoms with Gasteiger partial charge in [0.05, 0.1) is 13.2 Å². The van der Waals surface area contributed by atoms with Gasteiger partial charge in [-0.1, -0.05) is 0 Å². The Labute approximate surface area is 212 Å². The second-order valence-electron chi connectivity index (χ2n) is 8.04. The van der Waals surface area contributed by atoms with Gasteiger partial charge in [-0.05, 0) is 0 Å². The van der Waals surface area contributed by atoms with E-state index in [1.54, 1.807) is 0 Å². The molecule has 0 aliphatic carbocycles. The third-order valence-corrected chi connectivity index (χ3v) is 4.94. The van der Waals surface area contributed by atoms with E-state index in [1.165, 1.54) is 0 Å². The van der Waals surface area contributed by atoms with E-state index in [9.17, 15) is 33.6 Å². The maximum atomic E-state index is 12.6. The summed E-state index contributed by atoms with van der Waals surface area (Å²) in [7, 11) is 1.03. The smallest absolute Gasteiger partial charge is 0.331 e. The molecule has 0 unspecified atom stereocenters. The molecule has 0 bridgehead atoms. The Balaban J connectivity index is 3.91. The second kappa shape index (κ2) is 13.5. The number of rotatable bonds is 10. The van der Waals surface area contributed by atoms with E-state index in [2.05, 4.69) is 5.32 Å². The Kier molecular flexibility index (Phi) is 11.4. The van der Waals surface area contributed by atoms with Crippen LogP contribution in [-0.4, -0.2) is 91.7 Å². The van der Waals surface area contributed by atoms with Gasteiger partial charge in [-0.3, -0.25) is 28.8 Å². The summed E-state index contributed by atoms with van der Waals surface area (Å²) in [6.07, 6.45) is -7.37. The fourth-order valence-corrected chi connectivity index (χ4v) is 3.80. The SMILES string of the molecule is COC(=O)[C@H](NC(C)=O)[C@@H]1C[C@@](OC(C)=O)([C@H](COC(C)=O)OC(C)=O)[C@@H](OC(C)=O)[C@@H](OC(C)=O)O1. The normalized spacial score (nSPS) is 24.4. The second-order valence-corrected chi connectivity index (χ2v) is 8.04. The lowest BCUT2D eigenvalue weighted by Gasteiger charge is -2.50. The third kappa shape index (κ3) is 9.00. The molecule has 0 aromatic carbocycles. The van der Waals surface area contributed by atoms with Crippen LogP contribution in [0.5, 0.6) is 0 Å². The van der Waals surface area contributed by atoms with Crippen LogP contribution in [-0.2, 0) is 66.7 Å². The van der Waals surface area contributed by atoms with Crippen molar-refractivity contribution in [1.29, 1.82) is 0 Å². The molecule has 208 valence electrons. The van der Waals surface area contributed by atoms with Crippen LogP contribution in [0.4, 0.5) is 0 Å². The molecule has 1 amide bonds. The van der Waals surface area contributed by atoms with E-state index < -0.39 is 91.0 Å². The quantitative estimate of drug-likeness (QED) is 0.267. The summed E-state index contributed by atoms with van der Waals surface area (Å²) in [4.78, 5) is 84.3. The molecular weight excluding hydrogens is 502 g/mol. The molecule has 0 radical (unpaired) electrons. The first kappa shape index (κ1) is 31.3. The summed E-state index contributed by atoms with van der Waals surface area (Å²) >= 11 is 0. The molecular formula is C22H31NO14. The van der Waals surface area contributed by atoms with Gasteiger partial charge in [0.25, 0.3) is 0 Å². The lowest BCUT2D eigenvalue weighted by molar-refractivity contribution is -0.314. The highest BCUT2D eigenvalue weighted by Crippen LogP contribution is 2.41. The minimum absolute atomic E-state index is 0.596. The molecule has 1 aliphatic rings. The lowest BCUT2D eigenvalue weighted by Crippen LogP contribution is -2.70. The Morgan fingerprint density at radius 1 is 0.865 bits per heavy atom. The van der Waals surface area contributed by atoms with Gasteiger partial charge < -0.3 is 38.5 Å². The predicted molar refractivity (Wildman–Crippen MR) is 117 cm³/mol. The number of hydrogen-bond acceptors (Lipinski definition) is 14. The minimum Gasteiger partial charge on any atom is -0.467 e. The number of nitrogens with one attached hydrogen (secondary N) is 1.